The fourth-order valence-electron chi connectivity index (χ4n) is 3.88. The maximum atomic E-state index is 12.8. The number of ether oxygens (including phenoxy) is 1. The molecule has 5 rings (SSSR count). The van der Waals surface area contributed by atoms with Crippen LogP contribution >= 0.6 is 23.1 Å². The van der Waals surface area contributed by atoms with E-state index in [-0.39, 0.29) is 5.91 Å². The van der Waals surface area contributed by atoms with E-state index in [1.165, 1.54) is 11.8 Å². The largest absolute Gasteiger partial charge is 0.494 e. The van der Waals surface area contributed by atoms with E-state index in [0.717, 1.165) is 50.5 Å². The van der Waals surface area contributed by atoms with Crippen LogP contribution in [-0.4, -0.2) is 64.3 Å². The molecule has 1 aliphatic heterocycles. The molecule has 0 radical (unpaired) electrons. The monoisotopic (exact) mass is 491 g/mol. The van der Waals surface area contributed by atoms with Crippen molar-refractivity contribution in [3.63, 3.8) is 0 Å². The second-order valence-corrected chi connectivity index (χ2v) is 10.1. The van der Waals surface area contributed by atoms with Crippen molar-refractivity contribution in [3.05, 3.63) is 60.9 Å². The lowest BCUT2D eigenvalue weighted by Crippen LogP contribution is -2.49. The number of carbonyl (C=O) groups excluding carboxylic acids is 1. The van der Waals surface area contributed by atoms with Crippen LogP contribution in [0.3, 0.4) is 0 Å². The molecule has 3 heterocycles. The van der Waals surface area contributed by atoms with E-state index in [2.05, 4.69) is 25.9 Å². The molecule has 4 aromatic rings. The molecular weight excluding hydrogens is 466 g/mol. The molecule has 9 heteroatoms. The third-order valence-electron chi connectivity index (χ3n) is 5.66. The Morgan fingerprint density at radius 3 is 2.62 bits per heavy atom. The number of carbonyl (C=O) groups is 1. The Balaban J connectivity index is 1.16. The first-order chi connectivity index (χ1) is 16.7. The van der Waals surface area contributed by atoms with Crippen molar-refractivity contribution in [3.8, 4) is 17.0 Å². The van der Waals surface area contributed by atoms with Crippen LogP contribution < -0.4 is 9.64 Å². The lowest BCUT2D eigenvalue weighted by molar-refractivity contribution is -0.128. The summed E-state index contributed by atoms with van der Waals surface area (Å²) < 4.78 is 7.62. The van der Waals surface area contributed by atoms with Crippen LogP contribution in [0.25, 0.3) is 21.5 Å². The van der Waals surface area contributed by atoms with E-state index < -0.39 is 0 Å². The second kappa shape index (κ2) is 10.4. The zero-order valence-corrected chi connectivity index (χ0v) is 20.5. The Kier molecular flexibility index (Phi) is 6.92. The van der Waals surface area contributed by atoms with E-state index in [9.17, 15) is 4.79 Å². The standard InChI is InChI=1S/C25H25N5O2S2/c1-2-32-19-9-7-18(8-10-19)21-15-23(27-17-26-21)29-11-13-30(14-12-29)24(31)16-33-25-28-20-5-3-4-6-22(20)34-25/h3-10,15,17H,2,11-14,16H2,1H3. The third-order valence-corrected chi connectivity index (χ3v) is 7.83. The SMILES string of the molecule is CCOc1ccc(-c2cc(N3CCN(C(=O)CSc4nc5ccccc5s4)CC3)ncn2)cc1. The van der Waals surface area contributed by atoms with Crippen LogP contribution in [0, 0.1) is 0 Å². The Morgan fingerprint density at radius 1 is 1.06 bits per heavy atom. The molecular formula is C25H25N5O2S2. The highest BCUT2D eigenvalue weighted by Crippen LogP contribution is 2.29. The van der Waals surface area contributed by atoms with Gasteiger partial charge in [0, 0.05) is 37.8 Å². The maximum absolute atomic E-state index is 12.8. The van der Waals surface area contributed by atoms with Gasteiger partial charge in [0.15, 0.2) is 4.34 Å². The van der Waals surface area contributed by atoms with Crippen molar-refractivity contribution in [2.24, 2.45) is 0 Å². The molecule has 1 saturated heterocycles. The summed E-state index contributed by atoms with van der Waals surface area (Å²) in [5.74, 6) is 2.30. The number of rotatable bonds is 7. The van der Waals surface area contributed by atoms with Gasteiger partial charge in [-0.2, -0.15) is 0 Å². The van der Waals surface area contributed by atoms with Gasteiger partial charge in [-0.25, -0.2) is 15.0 Å². The van der Waals surface area contributed by atoms with Gasteiger partial charge in [0.25, 0.3) is 0 Å². The molecule has 174 valence electrons. The normalized spacial score (nSPS) is 13.9. The fourth-order valence-corrected chi connectivity index (χ4v) is 5.85. The molecule has 0 spiro atoms. The van der Waals surface area contributed by atoms with Gasteiger partial charge in [-0.05, 0) is 43.3 Å². The van der Waals surface area contributed by atoms with Crippen molar-refractivity contribution in [2.45, 2.75) is 11.3 Å². The molecule has 0 bridgehead atoms. The number of amides is 1. The topological polar surface area (TPSA) is 71.5 Å². The molecule has 0 saturated carbocycles. The van der Waals surface area contributed by atoms with Crippen molar-refractivity contribution >= 4 is 45.0 Å². The number of aromatic nitrogens is 3. The first-order valence-electron chi connectivity index (χ1n) is 11.3. The van der Waals surface area contributed by atoms with Crippen LogP contribution in [0.15, 0.2) is 65.3 Å². The second-order valence-electron chi connectivity index (χ2n) is 7.82. The first kappa shape index (κ1) is 22.6. The minimum atomic E-state index is 0.154. The van der Waals surface area contributed by atoms with Crippen LogP contribution in [0.4, 0.5) is 5.82 Å². The summed E-state index contributed by atoms with van der Waals surface area (Å²) in [4.78, 5) is 30.4. The van der Waals surface area contributed by atoms with Crippen LogP contribution in [-0.2, 0) is 4.79 Å². The van der Waals surface area contributed by atoms with E-state index in [1.807, 2.05) is 60.4 Å². The van der Waals surface area contributed by atoms with E-state index in [4.69, 9.17) is 4.74 Å². The highest BCUT2D eigenvalue weighted by atomic mass is 32.2. The van der Waals surface area contributed by atoms with Gasteiger partial charge in [-0.15, -0.1) is 11.3 Å². The first-order valence-corrected chi connectivity index (χ1v) is 13.1. The van der Waals surface area contributed by atoms with Crippen LogP contribution in [0.5, 0.6) is 5.75 Å². The van der Waals surface area contributed by atoms with Gasteiger partial charge in [0.2, 0.25) is 5.91 Å². The van der Waals surface area contributed by atoms with Gasteiger partial charge < -0.3 is 14.5 Å². The van der Waals surface area contributed by atoms with Crippen LogP contribution in [0.2, 0.25) is 0 Å². The minimum absolute atomic E-state index is 0.154. The molecule has 1 fully saturated rings. The maximum Gasteiger partial charge on any atom is 0.233 e. The van der Waals surface area contributed by atoms with Crippen molar-refractivity contribution in [1.29, 1.82) is 0 Å². The number of hydrogen-bond donors (Lipinski definition) is 0. The van der Waals surface area contributed by atoms with Crippen molar-refractivity contribution in [1.82, 2.24) is 19.9 Å². The third kappa shape index (κ3) is 5.15. The predicted octanol–water partition coefficient (Wildman–Crippen LogP) is 4.59. The molecule has 2 aromatic carbocycles. The molecule has 0 aliphatic carbocycles. The summed E-state index contributed by atoms with van der Waals surface area (Å²) >= 11 is 3.16. The van der Waals surface area contributed by atoms with E-state index in [1.54, 1.807) is 17.7 Å². The molecule has 34 heavy (non-hydrogen) atoms. The summed E-state index contributed by atoms with van der Waals surface area (Å²) in [5.41, 5.74) is 2.89. The number of hydrogen-bond acceptors (Lipinski definition) is 8. The zero-order valence-electron chi connectivity index (χ0n) is 18.9. The average Bonchev–Trinajstić information content (AvgIpc) is 3.31. The van der Waals surface area contributed by atoms with Gasteiger partial charge in [-0.1, -0.05) is 23.9 Å². The van der Waals surface area contributed by atoms with Crippen molar-refractivity contribution < 1.29 is 9.53 Å². The lowest BCUT2D eigenvalue weighted by atomic mass is 10.1. The summed E-state index contributed by atoms with van der Waals surface area (Å²) in [5, 5.41) is 0. The number of fused-ring (bicyclic) bond motifs is 1. The van der Waals surface area contributed by atoms with Gasteiger partial charge in [-0.3, -0.25) is 4.79 Å². The molecule has 1 aliphatic rings. The quantitative estimate of drug-likeness (QED) is 0.350. The van der Waals surface area contributed by atoms with Gasteiger partial charge >= 0.3 is 0 Å². The summed E-state index contributed by atoms with van der Waals surface area (Å²) in [6.45, 7) is 5.48. The number of para-hydroxylation sites is 1. The minimum Gasteiger partial charge on any atom is -0.494 e. The Labute approximate surface area is 206 Å². The predicted molar refractivity (Wildman–Crippen MR) is 138 cm³/mol. The molecule has 0 atom stereocenters. The number of piperazine rings is 1. The fraction of sp³-hybridized carbons (Fsp3) is 0.280. The molecule has 7 nitrogen and oxygen atoms in total. The number of thiazole rings is 1. The highest BCUT2D eigenvalue weighted by molar-refractivity contribution is 8.01. The molecule has 2 aromatic heterocycles. The summed E-state index contributed by atoms with van der Waals surface area (Å²) in [7, 11) is 0. The van der Waals surface area contributed by atoms with E-state index in [0.29, 0.717) is 25.4 Å². The molecule has 0 unspecified atom stereocenters. The number of thioether (sulfide) groups is 1. The van der Waals surface area contributed by atoms with Crippen LogP contribution in [0.1, 0.15) is 6.92 Å². The Hall–Kier alpha value is -3.17. The number of nitrogens with zero attached hydrogens (tertiary/aromatic N) is 5. The highest BCUT2D eigenvalue weighted by Gasteiger charge is 2.22. The Bertz CT molecular complexity index is 1240. The van der Waals surface area contributed by atoms with Gasteiger partial charge in [0.05, 0.1) is 28.3 Å². The smallest absolute Gasteiger partial charge is 0.233 e. The Morgan fingerprint density at radius 2 is 1.85 bits per heavy atom. The van der Waals surface area contributed by atoms with E-state index >= 15 is 0 Å². The lowest BCUT2D eigenvalue weighted by Gasteiger charge is -2.35. The summed E-state index contributed by atoms with van der Waals surface area (Å²) in [6.07, 6.45) is 1.60. The zero-order chi connectivity index (χ0) is 23.3. The summed E-state index contributed by atoms with van der Waals surface area (Å²) in [6, 6.07) is 18.0. The molecule has 0 N–H and O–H groups in total. The van der Waals surface area contributed by atoms with Crippen molar-refractivity contribution in [2.75, 3.05) is 43.4 Å². The average molecular weight is 492 g/mol. The van der Waals surface area contributed by atoms with Gasteiger partial charge in [0.1, 0.15) is 17.9 Å². The molecule has 1 amide bonds. The number of benzene rings is 2. The number of anilines is 1.